The molecule has 0 bridgehead atoms. The monoisotopic (exact) mass is 334 g/mol. The Balaban J connectivity index is 2.10. The molecule has 3 rings (SSSR count). The maximum Gasteiger partial charge on any atom is 0.308 e. The van der Waals surface area contributed by atoms with Crippen LogP contribution in [-0.2, 0) is 6.54 Å². The molecular weight excluding hydrogens is 326 g/mol. The number of aromatic nitrogens is 1. The fraction of sp³-hybridized carbons (Fsp3) is 0.364. The minimum absolute atomic E-state index is 0.0716. The minimum atomic E-state index is -2.61. The van der Waals surface area contributed by atoms with Gasteiger partial charge >= 0.3 is 4.87 Å². The second-order valence-corrected chi connectivity index (χ2v) is 6.21. The zero-order chi connectivity index (χ0) is 13.1. The summed E-state index contributed by atoms with van der Waals surface area (Å²) in [5.74, 6) is -3.33. The summed E-state index contributed by atoms with van der Waals surface area (Å²) in [6.07, 6.45) is -0.132. The lowest BCUT2D eigenvalue weighted by Gasteiger charge is -2.04. The molecule has 2 aromatic rings. The average Bonchev–Trinajstić information content (AvgIpc) is 2.76. The second-order valence-electron chi connectivity index (χ2n) is 4.46. The molecule has 18 heavy (non-hydrogen) atoms. The van der Waals surface area contributed by atoms with Crippen LogP contribution in [0.5, 0.6) is 0 Å². The third kappa shape index (κ3) is 1.76. The van der Waals surface area contributed by atoms with Crippen molar-refractivity contribution in [3.63, 3.8) is 0 Å². The van der Waals surface area contributed by atoms with Gasteiger partial charge in [-0.25, -0.2) is 8.78 Å². The highest BCUT2D eigenvalue weighted by atomic mass is 79.9. The van der Waals surface area contributed by atoms with E-state index < -0.39 is 11.8 Å². The molecule has 0 spiro atoms. The maximum absolute atomic E-state index is 12.9. The molecule has 0 radical (unpaired) electrons. The Morgan fingerprint density at radius 2 is 2.22 bits per heavy atom. The van der Waals surface area contributed by atoms with Gasteiger partial charge < -0.3 is 5.73 Å². The van der Waals surface area contributed by atoms with Gasteiger partial charge in [-0.05, 0) is 28.1 Å². The van der Waals surface area contributed by atoms with E-state index in [9.17, 15) is 13.6 Å². The SMILES string of the molecule is Nc1ccc2c(sc(=O)n2CC2CC2(F)F)c1Br. The van der Waals surface area contributed by atoms with Crippen LogP contribution in [0.4, 0.5) is 14.5 Å². The van der Waals surface area contributed by atoms with E-state index in [1.54, 1.807) is 12.1 Å². The summed E-state index contributed by atoms with van der Waals surface area (Å²) in [5, 5.41) is 0. The van der Waals surface area contributed by atoms with Crippen molar-refractivity contribution in [2.45, 2.75) is 18.9 Å². The molecule has 1 atom stereocenters. The smallest absolute Gasteiger partial charge is 0.308 e. The molecule has 2 N–H and O–H groups in total. The molecule has 7 heteroatoms. The fourth-order valence-corrected chi connectivity index (χ4v) is 3.50. The van der Waals surface area contributed by atoms with E-state index in [-0.39, 0.29) is 17.8 Å². The molecule has 96 valence electrons. The summed E-state index contributed by atoms with van der Waals surface area (Å²) in [5.41, 5.74) is 6.93. The lowest BCUT2D eigenvalue weighted by Crippen LogP contribution is -2.15. The minimum Gasteiger partial charge on any atom is -0.398 e. The van der Waals surface area contributed by atoms with Gasteiger partial charge in [0.25, 0.3) is 5.92 Å². The third-order valence-corrected chi connectivity index (χ3v) is 5.29. The van der Waals surface area contributed by atoms with Crippen molar-refractivity contribution in [2.24, 2.45) is 5.92 Å². The van der Waals surface area contributed by atoms with Crippen LogP contribution in [-0.4, -0.2) is 10.5 Å². The van der Waals surface area contributed by atoms with Crippen molar-refractivity contribution in [3.05, 3.63) is 26.3 Å². The summed E-state index contributed by atoms with van der Waals surface area (Å²) in [6.45, 7) is 0.0716. The number of nitrogen functional groups attached to an aromatic ring is 1. The van der Waals surface area contributed by atoms with E-state index in [0.29, 0.717) is 20.4 Å². The Morgan fingerprint density at radius 3 is 2.83 bits per heavy atom. The van der Waals surface area contributed by atoms with Crippen molar-refractivity contribution in [2.75, 3.05) is 5.73 Å². The van der Waals surface area contributed by atoms with E-state index in [0.717, 1.165) is 11.3 Å². The zero-order valence-corrected chi connectivity index (χ0v) is 11.5. The molecule has 0 saturated heterocycles. The molecular formula is C11H9BrF2N2OS. The standard InChI is InChI=1S/C11H9BrF2N2OS/c12-8-6(15)1-2-7-9(8)18-10(17)16(7)4-5-3-11(5,13)14/h1-2,5H,3-4,15H2. The first-order valence-electron chi connectivity index (χ1n) is 5.35. The number of nitrogens with two attached hydrogens (primary N) is 1. The molecule has 1 fully saturated rings. The fourth-order valence-electron chi connectivity index (χ4n) is 1.97. The van der Waals surface area contributed by atoms with Crippen LogP contribution < -0.4 is 10.6 Å². The zero-order valence-electron chi connectivity index (χ0n) is 9.12. The Bertz CT molecular complexity index is 694. The molecule has 1 aromatic carbocycles. The number of hydrogen-bond acceptors (Lipinski definition) is 3. The summed E-state index contributed by atoms with van der Waals surface area (Å²) < 4.78 is 28.6. The average molecular weight is 335 g/mol. The Kier molecular flexibility index (Phi) is 2.54. The highest BCUT2D eigenvalue weighted by Gasteiger charge is 2.56. The van der Waals surface area contributed by atoms with Crippen LogP contribution in [0.15, 0.2) is 21.4 Å². The Labute approximate surface area is 113 Å². The number of fused-ring (bicyclic) bond motifs is 1. The molecule has 1 aliphatic carbocycles. The van der Waals surface area contributed by atoms with Crippen LogP contribution in [0.1, 0.15) is 6.42 Å². The maximum atomic E-state index is 12.9. The van der Waals surface area contributed by atoms with Gasteiger partial charge in [0, 0.05) is 24.6 Å². The van der Waals surface area contributed by atoms with Gasteiger partial charge in [0.2, 0.25) is 0 Å². The largest absolute Gasteiger partial charge is 0.398 e. The number of hydrogen-bond donors (Lipinski definition) is 1. The lowest BCUT2D eigenvalue weighted by atomic mass is 10.3. The number of thiazole rings is 1. The molecule has 1 heterocycles. The van der Waals surface area contributed by atoms with Crippen LogP contribution in [0.25, 0.3) is 10.2 Å². The first-order chi connectivity index (χ1) is 8.40. The molecule has 1 aliphatic rings. The van der Waals surface area contributed by atoms with E-state index >= 15 is 0 Å². The first-order valence-corrected chi connectivity index (χ1v) is 6.96. The van der Waals surface area contributed by atoms with Crippen LogP contribution in [0, 0.1) is 5.92 Å². The van der Waals surface area contributed by atoms with Gasteiger partial charge in [0.15, 0.2) is 0 Å². The molecule has 1 saturated carbocycles. The highest BCUT2D eigenvalue weighted by molar-refractivity contribution is 9.10. The Morgan fingerprint density at radius 1 is 1.56 bits per heavy atom. The highest BCUT2D eigenvalue weighted by Crippen LogP contribution is 2.49. The van der Waals surface area contributed by atoms with E-state index in [1.807, 2.05) is 0 Å². The summed E-state index contributed by atoms with van der Waals surface area (Å²) in [4.78, 5) is 11.6. The first kappa shape index (κ1) is 12.1. The molecule has 3 nitrogen and oxygen atoms in total. The predicted molar refractivity (Wildman–Crippen MR) is 71.3 cm³/mol. The number of alkyl halides is 2. The van der Waals surface area contributed by atoms with Crippen LogP contribution in [0.2, 0.25) is 0 Å². The van der Waals surface area contributed by atoms with Gasteiger partial charge in [-0.3, -0.25) is 9.36 Å². The van der Waals surface area contributed by atoms with Gasteiger partial charge in [0.1, 0.15) is 0 Å². The van der Waals surface area contributed by atoms with Gasteiger partial charge in [-0.2, -0.15) is 0 Å². The van der Waals surface area contributed by atoms with Crippen molar-refractivity contribution in [1.82, 2.24) is 4.57 Å². The van der Waals surface area contributed by atoms with E-state index in [2.05, 4.69) is 15.9 Å². The third-order valence-electron chi connectivity index (χ3n) is 3.17. The normalized spacial score (nSPS) is 21.4. The molecule has 1 aromatic heterocycles. The summed E-state index contributed by atoms with van der Waals surface area (Å²) in [6, 6.07) is 3.37. The second kappa shape index (κ2) is 3.77. The number of benzene rings is 1. The summed E-state index contributed by atoms with van der Waals surface area (Å²) >= 11 is 4.34. The predicted octanol–water partition coefficient (Wildman–Crippen LogP) is 3.06. The van der Waals surface area contributed by atoms with E-state index in [4.69, 9.17) is 5.73 Å². The Hall–Kier alpha value is -0.950. The van der Waals surface area contributed by atoms with Crippen LogP contribution >= 0.6 is 27.3 Å². The quantitative estimate of drug-likeness (QED) is 0.858. The van der Waals surface area contributed by atoms with Crippen LogP contribution in [0.3, 0.4) is 0 Å². The molecule has 0 amide bonds. The number of halogens is 3. The van der Waals surface area contributed by atoms with Crippen molar-refractivity contribution >= 4 is 43.2 Å². The van der Waals surface area contributed by atoms with Gasteiger partial charge in [-0.1, -0.05) is 11.3 Å². The van der Waals surface area contributed by atoms with Crippen molar-refractivity contribution in [1.29, 1.82) is 0 Å². The topological polar surface area (TPSA) is 48.0 Å². The number of anilines is 1. The van der Waals surface area contributed by atoms with Gasteiger partial charge in [-0.15, -0.1) is 0 Å². The molecule has 1 unspecified atom stereocenters. The van der Waals surface area contributed by atoms with Crippen molar-refractivity contribution < 1.29 is 8.78 Å². The number of nitrogens with zero attached hydrogens (tertiary/aromatic N) is 1. The number of rotatable bonds is 2. The van der Waals surface area contributed by atoms with E-state index in [1.165, 1.54) is 4.57 Å². The van der Waals surface area contributed by atoms with Gasteiger partial charge in [0.05, 0.1) is 14.7 Å². The van der Waals surface area contributed by atoms with Crippen molar-refractivity contribution in [3.8, 4) is 0 Å². The summed E-state index contributed by atoms with van der Waals surface area (Å²) in [7, 11) is 0. The lowest BCUT2D eigenvalue weighted by molar-refractivity contribution is 0.0953. The molecule has 0 aliphatic heterocycles.